The predicted octanol–water partition coefficient (Wildman–Crippen LogP) is 3.33. The number of benzene rings is 1. The first-order valence-corrected chi connectivity index (χ1v) is 12.0. The fraction of sp³-hybridized carbons (Fsp3) is 0.500. The Bertz CT molecular complexity index is 1240. The molecule has 1 aliphatic carbocycles. The number of aromatic amines is 1. The lowest BCUT2D eigenvalue weighted by molar-refractivity contribution is 0.00706. The number of hydrogen-bond acceptors (Lipinski definition) is 7. The molecule has 8 nitrogen and oxygen atoms in total. The van der Waals surface area contributed by atoms with E-state index in [2.05, 4.69) is 15.0 Å². The van der Waals surface area contributed by atoms with Gasteiger partial charge >= 0.3 is 0 Å². The summed E-state index contributed by atoms with van der Waals surface area (Å²) in [5.41, 5.74) is 3.50. The van der Waals surface area contributed by atoms with Crippen LogP contribution in [0.4, 0.5) is 4.39 Å². The van der Waals surface area contributed by atoms with Gasteiger partial charge in [0, 0.05) is 6.07 Å². The number of pyridine rings is 1. The van der Waals surface area contributed by atoms with Crippen molar-refractivity contribution in [2.45, 2.75) is 56.5 Å². The van der Waals surface area contributed by atoms with Crippen molar-refractivity contribution in [2.24, 2.45) is 0 Å². The zero-order valence-corrected chi connectivity index (χ0v) is 19.3. The Morgan fingerprint density at radius 3 is 2.91 bits per heavy atom. The lowest BCUT2D eigenvalue weighted by atomic mass is 9.95. The summed E-state index contributed by atoms with van der Waals surface area (Å²) in [6.45, 7) is 2.92. The number of aromatic nitrogens is 3. The number of imidazole rings is 1. The highest BCUT2D eigenvalue weighted by Gasteiger charge is 2.48. The minimum atomic E-state index is -0.645. The van der Waals surface area contributed by atoms with Gasteiger partial charge in [-0.25, -0.2) is 9.37 Å². The average molecular weight is 490 g/mol. The van der Waals surface area contributed by atoms with Crippen molar-refractivity contribution < 1.29 is 28.4 Å². The molecular formula is C24H25ClFN3O5. The fourth-order valence-corrected chi connectivity index (χ4v) is 5.52. The maximum atomic E-state index is 14.9. The molecule has 180 valence electrons. The number of halogens is 2. The van der Waals surface area contributed by atoms with Crippen molar-refractivity contribution in [1.29, 1.82) is 0 Å². The molecule has 10 heteroatoms. The third-order valence-electron chi connectivity index (χ3n) is 6.83. The zero-order valence-electron chi connectivity index (χ0n) is 18.6. The van der Waals surface area contributed by atoms with Crippen molar-refractivity contribution in [1.82, 2.24) is 15.0 Å². The molecule has 2 aliphatic heterocycles. The van der Waals surface area contributed by atoms with E-state index in [1.807, 2.05) is 13.0 Å². The van der Waals surface area contributed by atoms with E-state index in [1.165, 1.54) is 6.07 Å². The Labute approximate surface area is 200 Å². The number of hydrogen-bond donors (Lipinski definition) is 2. The van der Waals surface area contributed by atoms with Crippen LogP contribution >= 0.6 is 11.6 Å². The van der Waals surface area contributed by atoms with Gasteiger partial charge in [0.1, 0.15) is 29.9 Å². The molecule has 0 bridgehead atoms. The molecule has 2 fully saturated rings. The maximum absolute atomic E-state index is 14.9. The number of fused-ring (bicyclic) bond motifs is 3. The van der Waals surface area contributed by atoms with Crippen molar-refractivity contribution in [3.63, 3.8) is 0 Å². The molecular weight excluding hydrogens is 465 g/mol. The van der Waals surface area contributed by atoms with Crippen LogP contribution in [0.3, 0.4) is 0 Å². The van der Waals surface area contributed by atoms with Crippen LogP contribution in [-0.2, 0) is 22.3 Å². The summed E-state index contributed by atoms with van der Waals surface area (Å²) in [6, 6.07) is 5.45. The van der Waals surface area contributed by atoms with Gasteiger partial charge in [-0.1, -0.05) is 11.6 Å². The van der Waals surface area contributed by atoms with E-state index < -0.39 is 6.10 Å². The van der Waals surface area contributed by atoms with Crippen molar-refractivity contribution in [3.05, 3.63) is 45.9 Å². The molecule has 34 heavy (non-hydrogen) atoms. The zero-order chi connectivity index (χ0) is 23.4. The van der Waals surface area contributed by atoms with E-state index in [9.17, 15) is 9.50 Å². The van der Waals surface area contributed by atoms with E-state index in [1.54, 1.807) is 6.07 Å². The maximum Gasteiger partial charge on any atom is 0.296 e. The van der Waals surface area contributed by atoms with Crippen LogP contribution in [0.15, 0.2) is 18.2 Å². The molecule has 2 N–H and O–H groups in total. The topological polar surface area (TPSA) is 98.7 Å². The van der Waals surface area contributed by atoms with Gasteiger partial charge in [0.25, 0.3) is 6.01 Å². The van der Waals surface area contributed by atoms with Crippen LogP contribution in [0.25, 0.3) is 11.2 Å². The first kappa shape index (κ1) is 22.0. The predicted molar refractivity (Wildman–Crippen MR) is 121 cm³/mol. The van der Waals surface area contributed by atoms with Gasteiger partial charge in [0.05, 0.1) is 36.1 Å². The van der Waals surface area contributed by atoms with Gasteiger partial charge in [0.2, 0.25) is 0 Å². The lowest BCUT2D eigenvalue weighted by Crippen LogP contribution is -2.34. The summed E-state index contributed by atoms with van der Waals surface area (Å²) in [5, 5.41) is 10.4. The number of rotatable bonds is 6. The molecule has 2 aromatic heterocycles. The molecule has 1 unspecified atom stereocenters. The van der Waals surface area contributed by atoms with Gasteiger partial charge in [-0.2, -0.15) is 4.98 Å². The summed E-state index contributed by atoms with van der Waals surface area (Å²) >= 11 is 6.55. The van der Waals surface area contributed by atoms with Gasteiger partial charge < -0.3 is 29.0 Å². The van der Waals surface area contributed by atoms with Crippen molar-refractivity contribution >= 4 is 22.8 Å². The van der Waals surface area contributed by atoms with E-state index in [-0.39, 0.29) is 42.7 Å². The fourth-order valence-electron chi connectivity index (χ4n) is 5.29. The first-order valence-electron chi connectivity index (χ1n) is 11.6. The molecule has 4 heterocycles. The van der Waals surface area contributed by atoms with Crippen molar-refractivity contribution in [3.8, 4) is 11.8 Å². The highest BCUT2D eigenvalue weighted by molar-refractivity contribution is 6.31. The standard InChI is InChI=1S/C24H25ClFN3O5/c1-2-31-13-5-11-3-4-12(20(11)15(26)7-13)6-16-14(25)8-17-23(27-16)29-24(28-17)34-19-10-33-21-18(30)9-32-22(19)21/h5,7-8,12,18-19,21-22,30H,2-4,6,9-10H2,1H3,(H,27,28,29)/t12?,18-,19-,21-,22-/m1/s1. The van der Waals surface area contributed by atoms with Gasteiger partial charge in [-0.05, 0) is 55.4 Å². The third kappa shape index (κ3) is 3.80. The number of aryl methyl sites for hydroxylation is 1. The Morgan fingerprint density at radius 2 is 2.06 bits per heavy atom. The third-order valence-corrected chi connectivity index (χ3v) is 7.16. The Kier molecular flexibility index (Phi) is 5.60. The molecule has 0 spiro atoms. The monoisotopic (exact) mass is 489 g/mol. The van der Waals surface area contributed by atoms with Crippen LogP contribution in [0.1, 0.15) is 36.1 Å². The first-order chi connectivity index (χ1) is 16.5. The second-order valence-corrected chi connectivity index (χ2v) is 9.41. The molecule has 0 saturated carbocycles. The molecule has 3 aliphatic rings. The summed E-state index contributed by atoms with van der Waals surface area (Å²) in [4.78, 5) is 12.2. The number of ether oxygens (including phenoxy) is 4. The van der Waals surface area contributed by atoms with Crippen LogP contribution in [0.5, 0.6) is 11.8 Å². The largest absolute Gasteiger partial charge is 0.494 e. The van der Waals surface area contributed by atoms with Gasteiger partial charge in [-0.3, -0.25) is 0 Å². The molecule has 3 aromatic rings. The molecule has 1 aromatic carbocycles. The van der Waals surface area contributed by atoms with Gasteiger partial charge in [0.15, 0.2) is 11.8 Å². The minimum absolute atomic E-state index is 0.0127. The Balaban J connectivity index is 1.22. The van der Waals surface area contributed by atoms with Crippen LogP contribution in [0.2, 0.25) is 5.02 Å². The summed E-state index contributed by atoms with van der Waals surface area (Å²) < 4.78 is 37.5. The molecule has 6 rings (SSSR count). The molecule has 0 radical (unpaired) electrons. The number of nitrogens with zero attached hydrogens (tertiary/aromatic N) is 2. The van der Waals surface area contributed by atoms with Crippen molar-refractivity contribution in [2.75, 3.05) is 19.8 Å². The molecule has 0 amide bonds. The number of aliphatic hydroxyl groups excluding tert-OH is 1. The second kappa shape index (κ2) is 8.64. The lowest BCUT2D eigenvalue weighted by Gasteiger charge is -2.15. The summed E-state index contributed by atoms with van der Waals surface area (Å²) in [7, 11) is 0. The number of H-pyrrole nitrogens is 1. The summed E-state index contributed by atoms with van der Waals surface area (Å²) in [6.07, 6.45) is 0.389. The molecule has 5 atom stereocenters. The van der Waals surface area contributed by atoms with E-state index >= 15 is 0 Å². The van der Waals surface area contributed by atoms with E-state index in [0.717, 1.165) is 24.0 Å². The quantitative estimate of drug-likeness (QED) is 0.548. The van der Waals surface area contributed by atoms with Crippen LogP contribution < -0.4 is 9.47 Å². The molecule has 2 saturated heterocycles. The normalized spacial score (nSPS) is 27.8. The highest BCUT2D eigenvalue weighted by Crippen LogP contribution is 2.40. The average Bonchev–Trinajstić information content (AvgIpc) is 3.56. The number of nitrogens with one attached hydrogen (secondary N) is 1. The van der Waals surface area contributed by atoms with Gasteiger partial charge in [-0.15, -0.1) is 0 Å². The highest BCUT2D eigenvalue weighted by atomic mass is 35.5. The Hall–Kier alpha value is -2.46. The smallest absolute Gasteiger partial charge is 0.296 e. The summed E-state index contributed by atoms with van der Waals surface area (Å²) in [5.74, 6) is 0.311. The Morgan fingerprint density at radius 1 is 1.21 bits per heavy atom. The van der Waals surface area contributed by atoms with Crippen LogP contribution in [0, 0.1) is 5.82 Å². The minimum Gasteiger partial charge on any atom is -0.494 e. The SMILES string of the molecule is CCOc1cc(F)c2c(c1)CCC2Cc1nc2nc(O[C@@H]3CO[C@H]4[C@@H]3OC[C@H]4O)[nH]c2cc1Cl. The van der Waals surface area contributed by atoms with E-state index in [0.29, 0.717) is 47.3 Å². The number of aliphatic hydroxyl groups is 1. The van der Waals surface area contributed by atoms with Crippen LogP contribution in [-0.4, -0.2) is 64.3 Å². The second-order valence-electron chi connectivity index (χ2n) is 9.00. The van der Waals surface area contributed by atoms with E-state index in [4.69, 9.17) is 30.5 Å².